The lowest BCUT2D eigenvalue weighted by molar-refractivity contribution is 0.373. The van der Waals surface area contributed by atoms with Crippen LogP contribution in [0.5, 0.6) is 0 Å². The van der Waals surface area contributed by atoms with Gasteiger partial charge in [-0.15, -0.1) is 24.0 Å². The number of guanidine groups is 1. The Balaban J connectivity index is 0.00000300. The fourth-order valence-electron chi connectivity index (χ4n) is 2.38. The van der Waals surface area contributed by atoms with Gasteiger partial charge < -0.3 is 19.7 Å². The lowest BCUT2D eigenvalue weighted by Crippen LogP contribution is -2.36. The summed E-state index contributed by atoms with van der Waals surface area (Å²) in [5, 5.41) is 15.0. The van der Waals surface area contributed by atoms with E-state index in [0.717, 1.165) is 17.8 Å². The molecule has 0 fully saturated rings. The van der Waals surface area contributed by atoms with Crippen LogP contribution in [0.15, 0.2) is 44.4 Å². The van der Waals surface area contributed by atoms with Crippen molar-refractivity contribution in [1.29, 1.82) is 0 Å². The summed E-state index contributed by atoms with van der Waals surface area (Å²) in [5.41, 5.74) is 1.76. The van der Waals surface area contributed by atoms with Crippen molar-refractivity contribution in [2.75, 3.05) is 6.54 Å². The summed E-state index contributed by atoms with van der Waals surface area (Å²) in [6, 6.07) is 9.19. The summed E-state index contributed by atoms with van der Waals surface area (Å²) in [4.78, 5) is 8.89. The van der Waals surface area contributed by atoms with Gasteiger partial charge in [0.25, 0.3) is 0 Å². The highest BCUT2D eigenvalue weighted by molar-refractivity contribution is 14.0. The standard InChI is InChI=1S/C19H23ClN6O2.HI/c1-4-21-19(22-10-15-9-16(12(2)3)25-27-15)23-11-17-24-18(26-28-17)13-5-7-14(20)8-6-13;/h5-9,12H,4,10-11H2,1-3H3,(H2,21,22,23);1H. The summed E-state index contributed by atoms with van der Waals surface area (Å²) < 4.78 is 10.6. The van der Waals surface area contributed by atoms with Crippen molar-refractivity contribution >= 4 is 41.5 Å². The van der Waals surface area contributed by atoms with Crippen molar-refractivity contribution in [3.63, 3.8) is 0 Å². The van der Waals surface area contributed by atoms with Gasteiger partial charge in [-0.25, -0.2) is 4.99 Å². The minimum absolute atomic E-state index is 0. The fraction of sp³-hybridized carbons (Fsp3) is 0.368. The molecule has 3 aromatic rings. The largest absolute Gasteiger partial charge is 0.359 e. The molecule has 0 aliphatic heterocycles. The summed E-state index contributed by atoms with van der Waals surface area (Å²) >= 11 is 5.90. The summed E-state index contributed by atoms with van der Waals surface area (Å²) in [6.45, 7) is 7.58. The maximum atomic E-state index is 5.90. The van der Waals surface area contributed by atoms with Crippen molar-refractivity contribution in [3.8, 4) is 11.4 Å². The van der Waals surface area contributed by atoms with Crippen LogP contribution in [0.1, 0.15) is 44.0 Å². The zero-order valence-electron chi connectivity index (χ0n) is 16.5. The Kier molecular flexibility index (Phi) is 8.90. The second-order valence-electron chi connectivity index (χ2n) is 6.44. The molecule has 3 rings (SSSR count). The molecule has 0 atom stereocenters. The number of halogens is 2. The van der Waals surface area contributed by atoms with E-state index < -0.39 is 0 Å². The molecule has 156 valence electrons. The molecule has 29 heavy (non-hydrogen) atoms. The quantitative estimate of drug-likeness (QED) is 0.266. The first kappa shape index (κ1) is 23.1. The Bertz CT molecular complexity index is 923. The Labute approximate surface area is 191 Å². The molecule has 0 aliphatic carbocycles. The van der Waals surface area contributed by atoms with Crippen molar-refractivity contribution < 1.29 is 9.05 Å². The van der Waals surface area contributed by atoms with Gasteiger partial charge in [-0.2, -0.15) is 4.98 Å². The van der Waals surface area contributed by atoms with Gasteiger partial charge in [-0.3, -0.25) is 0 Å². The Morgan fingerprint density at radius 2 is 1.90 bits per heavy atom. The van der Waals surface area contributed by atoms with Gasteiger partial charge in [0.15, 0.2) is 11.7 Å². The van der Waals surface area contributed by atoms with E-state index in [-0.39, 0.29) is 24.0 Å². The van der Waals surface area contributed by atoms with Crippen LogP contribution in [0, 0.1) is 0 Å². The van der Waals surface area contributed by atoms with E-state index in [0.29, 0.717) is 47.5 Å². The van der Waals surface area contributed by atoms with E-state index in [9.17, 15) is 0 Å². The molecule has 0 saturated carbocycles. The van der Waals surface area contributed by atoms with Crippen molar-refractivity contribution in [2.45, 2.75) is 39.8 Å². The number of aliphatic imine (C=N–C) groups is 1. The van der Waals surface area contributed by atoms with Gasteiger partial charge in [0, 0.05) is 23.2 Å². The molecule has 0 radical (unpaired) electrons. The van der Waals surface area contributed by atoms with Crippen LogP contribution in [-0.2, 0) is 13.1 Å². The van der Waals surface area contributed by atoms with Crippen LogP contribution in [0.4, 0.5) is 0 Å². The zero-order chi connectivity index (χ0) is 19.9. The van der Waals surface area contributed by atoms with E-state index in [1.165, 1.54) is 0 Å². The smallest absolute Gasteiger partial charge is 0.246 e. The number of rotatable bonds is 7. The number of nitrogens with one attached hydrogen (secondary N) is 2. The van der Waals surface area contributed by atoms with Crippen LogP contribution in [0.3, 0.4) is 0 Å². The predicted molar refractivity (Wildman–Crippen MR) is 122 cm³/mol. The number of hydrogen-bond donors (Lipinski definition) is 2. The molecule has 2 aromatic heterocycles. The molecule has 0 spiro atoms. The average Bonchev–Trinajstić information content (AvgIpc) is 3.34. The first-order chi connectivity index (χ1) is 13.5. The number of benzene rings is 1. The second-order valence-corrected chi connectivity index (χ2v) is 6.88. The topological polar surface area (TPSA) is 101 Å². The van der Waals surface area contributed by atoms with Gasteiger partial charge in [-0.1, -0.05) is 35.8 Å². The SMILES string of the molecule is CCNC(=NCc1cc(C(C)C)no1)NCc1nc(-c2ccc(Cl)cc2)no1.I. The molecule has 8 nitrogen and oxygen atoms in total. The van der Waals surface area contributed by atoms with E-state index in [1.54, 1.807) is 12.1 Å². The van der Waals surface area contributed by atoms with Gasteiger partial charge in [0.2, 0.25) is 11.7 Å². The minimum atomic E-state index is 0. The van der Waals surface area contributed by atoms with Crippen LogP contribution in [0.25, 0.3) is 11.4 Å². The summed E-state index contributed by atoms with van der Waals surface area (Å²) in [7, 11) is 0. The van der Waals surface area contributed by atoms with Crippen molar-refractivity contribution in [3.05, 3.63) is 52.7 Å². The van der Waals surface area contributed by atoms with Gasteiger partial charge in [0.05, 0.1) is 12.2 Å². The van der Waals surface area contributed by atoms with E-state index in [2.05, 4.69) is 44.8 Å². The number of hydrogen-bond acceptors (Lipinski definition) is 6. The molecule has 0 amide bonds. The Morgan fingerprint density at radius 3 is 2.55 bits per heavy atom. The summed E-state index contributed by atoms with van der Waals surface area (Å²) in [5.74, 6) is 2.62. The molecular formula is C19H24ClIN6O2. The lowest BCUT2D eigenvalue weighted by atomic mass is 10.1. The lowest BCUT2D eigenvalue weighted by Gasteiger charge is -2.08. The second kappa shape index (κ2) is 11.1. The molecule has 2 N–H and O–H groups in total. The molecule has 10 heteroatoms. The van der Waals surface area contributed by atoms with Crippen LogP contribution >= 0.6 is 35.6 Å². The first-order valence-corrected chi connectivity index (χ1v) is 9.49. The van der Waals surface area contributed by atoms with Crippen LogP contribution < -0.4 is 10.6 Å². The van der Waals surface area contributed by atoms with E-state index in [4.69, 9.17) is 20.6 Å². The molecule has 0 bridgehead atoms. The van der Waals surface area contributed by atoms with E-state index in [1.807, 2.05) is 25.1 Å². The van der Waals surface area contributed by atoms with Crippen LogP contribution in [0.2, 0.25) is 5.02 Å². The Morgan fingerprint density at radius 1 is 1.14 bits per heavy atom. The summed E-state index contributed by atoms with van der Waals surface area (Å²) in [6.07, 6.45) is 0. The number of nitrogens with zero attached hydrogens (tertiary/aromatic N) is 4. The normalized spacial score (nSPS) is 11.4. The highest BCUT2D eigenvalue weighted by Crippen LogP contribution is 2.18. The number of aromatic nitrogens is 3. The van der Waals surface area contributed by atoms with Crippen molar-refractivity contribution in [2.24, 2.45) is 4.99 Å². The third-order valence-electron chi connectivity index (χ3n) is 3.88. The maximum absolute atomic E-state index is 5.90. The predicted octanol–water partition coefficient (Wildman–Crippen LogP) is 4.37. The van der Waals surface area contributed by atoms with Crippen LogP contribution in [-0.4, -0.2) is 27.8 Å². The fourth-order valence-corrected chi connectivity index (χ4v) is 2.50. The Hall–Kier alpha value is -2.14. The highest BCUT2D eigenvalue weighted by Gasteiger charge is 2.10. The molecule has 0 unspecified atom stereocenters. The molecule has 2 heterocycles. The van der Waals surface area contributed by atoms with Crippen molar-refractivity contribution in [1.82, 2.24) is 25.9 Å². The van der Waals surface area contributed by atoms with Gasteiger partial charge in [0.1, 0.15) is 6.54 Å². The van der Waals surface area contributed by atoms with Gasteiger partial charge in [-0.05, 0) is 37.1 Å². The highest BCUT2D eigenvalue weighted by atomic mass is 127. The third-order valence-corrected chi connectivity index (χ3v) is 4.14. The third kappa shape index (κ3) is 6.70. The zero-order valence-corrected chi connectivity index (χ0v) is 19.6. The molecular weight excluding hydrogens is 507 g/mol. The maximum Gasteiger partial charge on any atom is 0.246 e. The molecule has 1 aromatic carbocycles. The minimum Gasteiger partial charge on any atom is -0.359 e. The monoisotopic (exact) mass is 530 g/mol. The molecule has 0 saturated heterocycles. The van der Waals surface area contributed by atoms with E-state index >= 15 is 0 Å². The average molecular weight is 531 g/mol. The first-order valence-electron chi connectivity index (χ1n) is 9.11. The van der Waals surface area contributed by atoms with Gasteiger partial charge >= 0.3 is 0 Å². The molecule has 0 aliphatic rings.